The lowest BCUT2D eigenvalue weighted by Crippen LogP contribution is -2.45. The Bertz CT molecular complexity index is 939. The molecule has 3 N–H and O–H groups in total. The van der Waals surface area contributed by atoms with Crippen LogP contribution in [0.3, 0.4) is 0 Å². The summed E-state index contributed by atoms with van der Waals surface area (Å²) in [7, 11) is 0. The molecule has 0 aromatic heterocycles. The molecule has 0 heterocycles. The summed E-state index contributed by atoms with van der Waals surface area (Å²) < 4.78 is 0. The second kappa shape index (κ2) is 50.7. The van der Waals surface area contributed by atoms with Gasteiger partial charge in [-0.1, -0.05) is 249 Å². The Morgan fingerprint density at radius 2 is 0.661 bits per heavy atom. The van der Waals surface area contributed by atoms with E-state index in [4.69, 9.17) is 0 Å². The van der Waals surface area contributed by atoms with Crippen molar-refractivity contribution < 1.29 is 15.0 Å². The quantitative estimate of drug-likeness (QED) is 0.0423. The molecule has 2 atom stereocenters. The highest BCUT2D eigenvalue weighted by molar-refractivity contribution is 5.76. The van der Waals surface area contributed by atoms with Gasteiger partial charge in [-0.15, -0.1) is 0 Å². The van der Waals surface area contributed by atoms with Gasteiger partial charge in [0.05, 0.1) is 18.8 Å². The second-order valence-electron chi connectivity index (χ2n) is 17.9. The van der Waals surface area contributed by atoms with Gasteiger partial charge >= 0.3 is 0 Å². The number of aliphatic hydroxyl groups is 2. The molecule has 0 bridgehead atoms. The van der Waals surface area contributed by atoms with Gasteiger partial charge in [0, 0.05) is 6.42 Å². The minimum absolute atomic E-state index is 0.0760. The molecule has 0 spiro atoms. The third kappa shape index (κ3) is 47.3. The highest BCUT2D eigenvalue weighted by atomic mass is 16.3. The van der Waals surface area contributed by atoms with Crippen LogP contribution in [0.15, 0.2) is 48.6 Å². The first-order valence-corrected chi connectivity index (χ1v) is 26.4. The van der Waals surface area contributed by atoms with E-state index in [1.165, 1.54) is 218 Å². The molecule has 0 aromatic rings. The molecule has 4 nitrogen and oxygen atoms in total. The van der Waals surface area contributed by atoms with Gasteiger partial charge in [-0.25, -0.2) is 0 Å². The van der Waals surface area contributed by atoms with E-state index in [2.05, 4.69) is 55.6 Å². The number of carbonyl (C=O) groups excluding carboxylic acids is 1. The van der Waals surface area contributed by atoms with Crippen LogP contribution in [0.2, 0.25) is 0 Å². The highest BCUT2D eigenvalue weighted by Crippen LogP contribution is 2.16. The molecule has 0 fully saturated rings. The summed E-state index contributed by atoms with van der Waals surface area (Å²) >= 11 is 0. The molecule has 0 aliphatic carbocycles. The summed E-state index contributed by atoms with van der Waals surface area (Å²) in [6, 6.07) is -0.645. The number of hydrogen-bond acceptors (Lipinski definition) is 3. The number of allylic oxidation sites excluding steroid dienone is 7. The monoisotopic (exact) mass is 826 g/mol. The Morgan fingerprint density at radius 1 is 0.390 bits per heavy atom. The summed E-state index contributed by atoms with van der Waals surface area (Å²) in [5, 5.41) is 23.1. The summed E-state index contributed by atoms with van der Waals surface area (Å²) in [5.41, 5.74) is 0. The first kappa shape index (κ1) is 57.3. The van der Waals surface area contributed by atoms with Crippen molar-refractivity contribution in [3.8, 4) is 0 Å². The van der Waals surface area contributed by atoms with E-state index in [0.717, 1.165) is 38.5 Å². The van der Waals surface area contributed by atoms with Crippen LogP contribution >= 0.6 is 0 Å². The molecular weight excluding hydrogens is 723 g/mol. The molecule has 0 radical (unpaired) electrons. The molecule has 59 heavy (non-hydrogen) atoms. The van der Waals surface area contributed by atoms with E-state index < -0.39 is 12.1 Å². The number of carbonyl (C=O) groups is 1. The molecule has 346 valence electrons. The van der Waals surface area contributed by atoms with Crippen molar-refractivity contribution in [2.45, 2.75) is 289 Å². The van der Waals surface area contributed by atoms with Crippen LogP contribution in [-0.2, 0) is 4.79 Å². The summed E-state index contributed by atoms with van der Waals surface area (Å²) in [6.45, 7) is 4.30. The third-order valence-electron chi connectivity index (χ3n) is 12.0. The van der Waals surface area contributed by atoms with Crippen molar-refractivity contribution >= 4 is 5.91 Å². The van der Waals surface area contributed by atoms with Crippen molar-refractivity contribution in [3.05, 3.63) is 48.6 Å². The maximum atomic E-state index is 12.4. The van der Waals surface area contributed by atoms with E-state index >= 15 is 0 Å². The molecule has 2 unspecified atom stereocenters. The van der Waals surface area contributed by atoms with E-state index in [9.17, 15) is 15.0 Å². The molecule has 0 aliphatic rings. The first-order valence-electron chi connectivity index (χ1n) is 26.4. The smallest absolute Gasteiger partial charge is 0.220 e. The van der Waals surface area contributed by atoms with Gasteiger partial charge in [0.1, 0.15) is 0 Å². The molecule has 1 amide bonds. The second-order valence-corrected chi connectivity index (χ2v) is 17.9. The number of aliphatic hydroxyl groups excluding tert-OH is 2. The third-order valence-corrected chi connectivity index (χ3v) is 12.0. The molecule has 0 saturated heterocycles. The number of amides is 1. The van der Waals surface area contributed by atoms with Crippen molar-refractivity contribution in [2.75, 3.05) is 6.61 Å². The molecule has 0 rings (SSSR count). The summed E-state index contributed by atoms with van der Waals surface area (Å²) in [6.07, 6.45) is 69.8. The van der Waals surface area contributed by atoms with Gasteiger partial charge in [0.15, 0.2) is 0 Å². The fourth-order valence-electron chi connectivity index (χ4n) is 7.97. The average molecular weight is 826 g/mol. The van der Waals surface area contributed by atoms with Gasteiger partial charge < -0.3 is 15.5 Å². The lowest BCUT2D eigenvalue weighted by molar-refractivity contribution is -0.123. The van der Waals surface area contributed by atoms with Gasteiger partial charge in [-0.3, -0.25) is 4.79 Å². The Labute approximate surface area is 369 Å². The van der Waals surface area contributed by atoms with Crippen LogP contribution in [0.1, 0.15) is 277 Å². The van der Waals surface area contributed by atoms with E-state index in [1.54, 1.807) is 6.08 Å². The van der Waals surface area contributed by atoms with E-state index in [0.29, 0.717) is 6.42 Å². The Kier molecular flexibility index (Phi) is 49.3. The minimum Gasteiger partial charge on any atom is -0.394 e. The van der Waals surface area contributed by atoms with Crippen molar-refractivity contribution in [1.82, 2.24) is 5.32 Å². The zero-order chi connectivity index (χ0) is 42.8. The highest BCUT2D eigenvalue weighted by Gasteiger charge is 2.17. The predicted octanol–water partition coefficient (Wildman–Crippen LogP) is 17.1. The minimum atomic E-state index is -0.870. The van der Waals surface area contributed by atoms with Crippen LogP contribution in [-0.4, -0.2) is 34.9 Å². The normalized spacial score (nSPS) is 13.2. The summed E-state index contributed by atoms with van der Waals surface area (Å²) in [4.78, 5) is 12.4. The SMILES string of the molecule is CCCCCCCCC/C=C/CC/C=C/CC/C=C/C(O)C(CO)NC(=O)CCCCCCCCCCCCCCCC/C=C\CCCCCCCCCCCCCC. The number of nitrogens with one attached hydrogen (secondary N) is 1. The molecule has 4 heteroatoms. The Hall–Kier alpha value is -1.65. The van der Waals surface area contributed by atoms with Crippen molar-refractivity contribution in [1.29, 1.82) is 0 Å². The van der Waals surface area contributed by atoms with Gasteiger partial charge in [-0.05, 0) is 70.6 Å². The van der Waals surface area contributed by atoms with Crippen molar-refractivity contribution in [3.63, 3.8) is 0 Å². The predicted molar refractivity (Wildman–Crippen MR) is 262 cm³/mol. The lowest BCUT2D eigenvalue weighted by atomic mass is 10.0. The van der Waals surface area contributed by atoms with E-state index in [1.807, 2.05) is 6.08 Å². The number of unbranched alkanes of at least 4 members (excludes halogenated alkanes) is 35. The standard InChI is InChI=1S/C55H103NO3/c1-3-5-7-9-11-13-15-17-19-21-22-23-24-25-26-27-28-29-30-31-32-33-35-37-39-41-43-45-47-49-51-55(59)56-53(52-57)54(58)50-48-46-44-42-40-38-36-34-20-18-16-14-12-10-8-6-4-2/h20,25-26,34,40,42,48,50,53-54,57-58H,3-19,21-24,27-33,35-39,41,43-47,49,51-52H2,1-2H3,(H,56,59)/b26-25-,34-20+,42-40+,50-48+. The largest absolute Gasteiger partial charge is 0.394 e. The Balaban J connectivity index is 3.51. The Morgan fingerprint density at radius 3 is 0.983 bits per heavy atom. The average Bonchev–Trinajstić information content (AvgIpc) is 3.24. The topological polar surface area (TPSA) is 69.6 Å². The van der Waals surface area contributed by atoms with Gasteiger partial charge in [0.25, 0.3) is 0 Å². The van der Waals surface area contributed by atoms with Crippen LogP contribution < -0.4 is 5.32 Å². The molecule has 0 saturated carbocycles. The molecule has 0 aromatic carbocycles. The van der Waals surface area contributed by atoms with Gasteiger partial charge in [0.2, 0.25) is 5.91 Å². The van der Waals surface area contributed by atoms with Gasteiger partial charge in [-0.2, -0.15) is 0 Å². The lowest BCUT2D eigenvalue weighted by Gasteiger charge is -2.19. The maximum absolute atomic E-state index is 12.4. The van der Waals surface area contributed by atoms with Crippen molar-refractivity contribution in [2.24, 2.45) is 0 Å². The molecule has 0 aliphatic heterocycles. The van der Waals surface area contributed by atoms with Crippen LogP contribution in [0.25, 0.3) is 0 Å². The fraction of sp³-hybridized carbons (Fsp3) is 0.836. The zero-order valence-electron chi connectivity index (χ0n) is 39.8. The first-order chi connectivity index (χ1) is 29.2. The van der Waals surface area contributed by atoms with Crippen LogP contribution in [0.5, 0.6) is 0 Å². The van der Waals surface area contributed by atoms with Crippen LogP contribution in [0.4, 0.5) is 0 Å². The molecular formula is C55H103NO3. The summed E-state index contributed by atoms with van der Waals surface area (Å²) in [5.74, 6) is -0.0760. The zero-order valence-corrected chi connectivity index (χ0v) is 39.8. The van der Waals surface area contributed by atoms with E-state index in [-0.39, 0.29) is 12.5 Å². The van der Waals surface area contributed by atoms with Crippen LogP contribution in [0, 0.1) is 0 Å². The number of hydrogen-bond donors (Lipinski definition) is 3. The fourth-order valence-corrected chi connectivity index (χ4v) is 7.97. The number of rotatable bonds is 48. The maximum Gasteiger partial charge on any atom is 0.220 e.